The van der Waals surface area contributed by atoms with Crippen molar-refractivity contribution in [2.24, 2.45) is 12.0 Å². The summed E-state index contributed by atoms with van der Waals surface area (Å²) in [6.45, 7) is 0.277. The number of nitrogens with one attached hydrogen (secondary N) is 3. The van der Waals surface area contributed by atoms with Crippen molar-refractivity contribution in [3.8, 4) is 5.75 Å². The summed E-state index contributed by atoms with van der Waals surface area (Å²) < 4.78 is 56.4. The van der Waals surface area contributed by atoms with E-state index in [9.17, 15) is 18.0 Å². The number of aryl methyl sites for hydroxylation is 1. The number of nitrogens with zero attached hydrogens (tertiary/aromatic N) is 5. The molecule has 2 aliphatic rings. The summed E-state index contributed by atoms with van der Waals surface area (Å²) in [7, 11) is 1.57. The molecular weight excluding hydrogens is 613 g/mol. The molecule has 1 saturated carbocycles. The Hall–Kier alpha value is -4.95. The van der Waals surface area contributed by atoms with Crippen molar-refractivity contribution in [1.29, 1.82) is 5.41 Å². The van der Waals surface area contributed by atoms with Crippen molar-refractivity contribution in [3.63, 3.8) is 0 Å². The zero-order chi connectivity index (χ0) is 31.7. The normalized spacial score (nSPS) is 18.8. The number of hydrogen-bond donors (Lipinski definition) is 3. The van der Waals surface area contributed by atoms with Gasteiger partial charge in [-0.3, -0.25) is 9.79 Å². The third-order valence-corrected chi connectivity index (χ3v) is 7.85. The second-order valence-corrected chi connectivity index (χ2v) is 10.7. The predicted molar refractivity (Wildman–Crippen MR) is 163 cm³/mol. The van der Waals surface area contributed by atoms with Gasteiger partial charge in [0.15, 0.2) is 17.2 Å². The van der Waals surface area contributed by atoms with Gasteiger partial charge in [-0.25, -0.2) is 4.98 Å². The van der Waals surface area contributed by atoms with E-state index in [-0.39, 0.29) is 45.9 Å². The van der Waals surface area contributed by atoms with Crippen LogP contribution in [-0.2, 0) is 24.6 Å². The van der Waals surface area contributed by atoms with E-state index in [4.69, 9.17) is 26.5 Å². The van der Waals surface area contributed by atoms with Crippen LogP contribution in [0.1, 0.15) is 30.0 Å². The van der Waals surface area contributed by atoms with Gasteiger partial charge in [0.1, 0.15) is 21.9 Å². The van der Waals surface area contributed by atoms with Gasteiger partial charge in [0.25, 0.3) is 5.56 Å². The first kappa shape index (κ1) is 30.1. The molecule has 4 aromatic rings. The average Bonchev–Trinajstić information content (AvgIpc) is 3.33. The fourth-order valence-corrected chi connectivity index (χ4v) is 5.29. The van der Waals surface area contributed by atoms with Crippen molar-refractivity contribution < 1.29 is 22.6 Å². The number of halogens is 4. The molecule has 4 heterocycles. The number of benzene rings is 1. The third kappa shape index (κ3) is 6.06. The Balaban J connectivity index is 1.31. The minimum absolute atomic E-state index is 0.0295. The van der Waals surface area contributed by atoms with E-state index in [1.54, 1.807) is 13.2 Å². The van der Waals surface area contributed by atoms with Crippen molar-refractivity contribution in [1.82, 2.24) is 24.4 Å². The third-order valence-electron chi connectivity index (χ3n) is 7.48. The van der Waals surface area contributed by atoms with Gasteiger partial charge in [-0.15, -0.1) is 0 Å². The van der Waals surface area contributed by atoms with Crippen molar-refractivity contribution in [2.45, 2.75) is 37.8 Å². The number of alkyl halides is 3. The molecule has 1 aliphatic heterocycles. The summed E-state index contributed by atoms with van der Waals surface area (Å²) in [5.74, 6) is 0.238. The Bertz CT molecular complexity index is 1920. The molecule has 11 nitrogen and oxygen atoms in total. The van der Waals surface area contributed by atoms with Crippen LogP contribution in [0.3, 0.4) is 0 Å². The second kappa shape index (κ2) is 12.2. The van der Waals surface area contributed by atoms with Crippen molar-refractivity contribution in [3.05, 3.63) is 99.2 Å². The summed E-state index contributed by atoms with van der Waals surface area (Å²) >= 11 is 6.65. The molecule has 1 fully saturated rings. The van der Waals surface area contributed by atoms with E-state index in [0.717, 1.165) is 28.6 Å². The molecule has 1 aromatic carbocycles. The molecule has 0 amide bonds. The first-order chi connectivity index (χ1) is 21.6. The number of aliphatic imine (C=N–C) groups is 1. The van der Waals surface area contributed by atoms with Gasteiger partial charge >= 0.3 is 6.18 Å². The lowest BCUT2D eigenvalue weighted by Gasteiger charge is -2.38. The van der Waals surface area contributed by atoms with Crippen LogP contribution in [0.4, 0.5) is 24.8 Å². The largest absolute Gasteiger partial charge is 0.450 e. The fourth-order valence-electron chi connectivity index (χ4n) is 4.99. The van der Waals surface area contributed by atoms with Gasteiger partial charge in [0, 0.05) is 25.6 Å². The highest BCUT2D eigenvalue weighted by molar-refractivity contribution is 6.36. The summed E-state index contributed by atoms with van der Waals surface area (Å²) in [5.41, 5.74) is -0.196. The average molecular weight is 639 g/mol. The first-order valence-electron chi connectivity index (χ1n) is 13.8. The first-order valence-corrected chi connectivity index (χ1v) is 14.2. The van der Waals surface area contributed by atoms with E-state index in [1.807, 2.05) is 30.3 Å². The number of aromatic nitrogens is 4. The molecule has 6 rings (SSSR count). The number of imidazole rings is 1. The highest BCUT2D eigenvalue weighted by atomic mass is 35.5. The molecule has 1 aliphatic carbocycles. The monoisotopic (exact) mass is 638 g/mol. The summed E-state index contributed by atoms with van der Waals surface area (Å²) in [6, 6.07) is 9.59. The van der Waals surface area contributed by atoms with Crippen LogP contribution in [0.5, 0.6) is 5.75 Å². The fraction of sp³-hybridized carbons (Fsp3) is 0.233. The maximum atomic E-state index is 14.0. The molecule has 0 saturated heterocycles. The molecule has 45 heavy (non-hydrogen) atoms. The molecule has 3 N–H and O–H groups in total. The lowest BCUT2D eigenvalue weighted by molar-refractivity contribution is -0.138. The lowest BCUT2D eigenvalue weighted by atomic mass is 9.88. The van der Waals surface area contributed by atoms with E-state index >= 15 is 0 Å². The van der Waals surface area contributed by atoms with Crippen LogP contribution >= 0.6 is 11.6 Å². The summed E-state index contributed by atoms with van der Waals surface area (Å²) in [4.78, 5) is 26.2. The van der Waals surface area contributed by atoms with Gasteiger partial charge in [-0.05, 0) is 24.5 Å². The number of ether oxygens (including phenoxy) is 2. The standard InChI is InChI=1S/C30H26ClF3N8O3/c1-41-26-25(31)24(45-23(12-35)20-13-36-9-10-37-20)14-38-27(26)40-29(41)39-19-11-18(30(32,33)34)15-42(28(19)43)21-7-8-22(21)44-16-17-5-3-2-4-6-17/h2-6,9-15,21-22,35,37H,7-8,16H2,1H3,(H,38,39,40)/b23-20+,35-12?/t21-,22+/m1/s1. The summed E-state index contributed by atoms with van der Waals surface area (Å²) in [5, 5.41) is 13.5. The number of anilines is 2. The SMILES string of the molecule is Cn1c(Nc2cc(C(F)(F)F)cn([C@@H]3CC[C@@H]3OCc3ccccc3)c2=O)nc2ncc(O/C(C=N)=C3\C=NC=CN3)c(Cl)c21. The van der Waals surface area contributed by atoms with Crippen LogP contribution in [-0.4, -0.2) is 37.6 Å². The molecule has 15 heteroatoms. The maximum Gasteiger partial charge on any atom is 0.417 e. The minimum atomic E-state index is -4.71. The molecule has 0 bridgehead atoms. The zero-order valence-electron chi connectivity index (χ0n) is 23.7. The Labute approximate surface area is 259 Å². The van der Waals surface area contributed by atoms with E-state index in [0.29, 0.717) is 18.5 Å². The van der Waals surface area contributed by atoms with Gasteiger partial charge in [0.2, 0.25) is 5.95 Å². The lowest BCUT2D eigenvalue weighted by Crippen LogP contribution is -2.41. The van der Waals surface area contributed by atoms with Gasteiger partial charge in [-0.1, -0.05) is 41.9 Å². The Kier molecular flexibility index (Phi) is 8.16. The van der Waals surface area contributed by atoms with Crippen LogP contribution in [0, 0.1) is 5.41 Å². The van der Waals surface area contributed by atoms with Crippen LogP contribution in [0.15, 0.2) is 82.4 Å². The van der Waals surface area contributed by atoms with Crippen LogP contribution in [0.2, 0.25) is 5.02 Å². The van der Waals surface area contributed by atoms with E-state index in [1.165, 1.54) is 23.2 Å². The zero-order valence-corrected chi connectivity index (χ0v) is 24.4. The highest BCUT2D eigenvalue weighted by Crippen LogP contribution is 2.38. The Morgan fingerprint density at radius 2 is 2.07 bits per heavy atom. The highest BCUT2D eigenvalue weighted by Gasteiger charge is 2.38. The van der Waals surface area contributed by atoms with Gasteiger partial charge in [-0.2, -0.15) is 18.2 Å². The number of pyridine rings is 2. The van der Waals surface area contributed by atoms with Crippen molar-refractivity contribution >= 4 is 46.8 Å². The second-order valence-electron chi connectivity index (χ2n) is 10.3. The quantitative estimate of drug-likeness (QED) is 0.155. The van der Waals surface area contributed by atoms with Crippen LogP contribution in [0.25, 0.3) is 11.2 Å². The topological polar surface area (TPSA) is 131 Å². The molecule has 0 unspecified atom stereocenters. The Morgan fingerprint density at radius 3 is 2.73 bits per heavy atom. The number of rotatable bonds is 9. The van der Waals surface area contributed by atoms with Gasteiger partial charge in [0.05, 0.1) is 42.9 Å². The molecule has 0 radical (unpaired) electrons. The summed E-state index contributed by atoms with van der Waals surface area (Å²) in [6.07, 6.45) is 3.64. The maximum absolute atomic E-state index is 14.0. The van der Waals surface area contributed by atoms with E-state index < -0.39 is 29.4 Å². The molecular formula is C30H26ClF3N8O3. The number of hydrogen-bond acceptors (Lipinski definition) is 9. The van der Waals surface area contributed by atoms with Crippen molar-refractivity contribution in [2.75, 3.05) is 5.32 Å². The molecule has 3 aromatic heterocycles. The van der Waals surface area contributed by atoms with Gasteiger partial charge < -0.3 is 34.7 Å². The number of allylic oxidation sites excluding steroid dienone is 2. The Morgan fingerprint density at radius 1 is 1.27 bits per heavy atom. The van der Waals surface area contributed by atoms with Crippen LogP contribution < -0.4 is 20.9 Å². The molecule has 0 spiro atoms. The molecule has 2 atom stereocenters. The smallest absolute Gasteiger partial charge is 0.417 e. The number of fused-ring (bicyclic) bond motifs is 1. The predicted octanol–water partition coefficient (Wildman–Crippen LogP) is 5.85. The molecule has 232 valence electrons. The van der Waals surface area contributed by atoms with E-state index in [2.05, 4.69) is 25.6 Å². The minimum Gasteiger partial charge on any atom is -0.450 e.